The van der Waals surface area contributed by atoms with Crippen LogP contribution in [0.4, 0.5) is 0 Å². The Labute approximate surface area is 84.9 Å². The van der Waals surface area contributed by atoms with Crippen molar-refractivity contribution >= 4 is 0 Å². The molecule has 0 bridgehead atoms. The molecule has 1 aromatic rings. The maximum atomic E-state index is 5.01. The summed E-state index contributed by atoms with van der Waals surface area (Å²) >= 11 is 0. The number of nitrogens with one attached hydrogen (secondary N) is 2. The lowest BCUT2D eigenvalue weighted by Gasteiger charge is -2.14. The van der Waals surface area contributed by atoms with Crippen LogP contribution in [0, 0.1) is 11.8 Å². The van der Waals surface area contributed by atoms with Crippen molar-refractivity contribution in [2.24, 2.45) is 11.8 Å². The molecule has 3 nitrogen and oxygen atoms in total. The number of furan rings is 1. The fourth-order valence-electron chi connectivity index (χ4n) is 1.93. The van der Waals surface area contributed by atoms with Crippen molar-refractivity contribution in [2.45, 2.75) is 13.5 Å². The topological polar surface area (TPSA) is 37.2 Å². The van der Waals surface area contributed by atoms with Crippen LogP contribution in [0.5, 0.6) is 0 Å². The number of rotatable bonds is 4. The van der Waals surface area contributed by atoms with Gasteiger partial charge in [-0.2, -0.15) is 0 Å². The zero-order chi connectivity index (χ0) is 9.80. The minimum atomic E-state index is 0.780. The molecular weight excluding hydrogens is 176 g/mol. The van der Waals surface area contributed by atoms with Gasteiger partial charge in [-0.15, -0.1) is 0 Å². The average molecular weight is 194 g/mol. The summed E-state index contributed by atoms with van der Waals surface area (Å²) in [5.74, 6) is 1.58. The summed E-state index contributed by atoms with van der Waals surface area (Å²) in [5, 5.41) is 6.87. The van der Waals surface area contributed by atoms with E-state index in [1.165, 1.54) is 5.56 Å². The van der Waals surface area contributed by atoms with Gasteiger partial charge in [0.25, 0.3) is 0 Å². The lowest BCUT2D eigenvalue weighted by atomic mass is 9.98. The Bertz CT molecular complexity index is 258. The van der Waals surface area contributed by atoms with Crippen LogP contribution < -0.4 is 10.6 Å². The molecule has 0 saturated carbocycles. The maximum Gasteiger partial charge on any atom is 0.0947 e. The Morgan fingerprint density at radius 3 is 3.14 bits per heavy atom. The predicted molar refractivity (Wildman–Crippen MR) is 55.9 cm³/mol. The fraction of sp³-hybridized carbons (Fsp3) is 0.636. The zero-order valence-corrected chi connectivity index (χ0v) is 8.62. The molecule has 0 radical (unpaired) electrons. The van der Waals surface area contributed by atoms with E-state index in [9.17, 15) is 0 Å². The van der Waals surface area contributed by atoms with Crippen LogP contribution in [0.15, 0.2) is 23.0 Å². The second-order valence-electron chi connectivity index (χ2n) is 4.16. The van der Waals surface area contributed by atoms with Crippen molar-refractivity contribution in [3.63, 3.8) is 0 Å². The van der Waals surface area contributed by atoms with E-state index in [-0.39, 0.29) is 0 Å². The van der Waals surface area contributed by atoms with E-state index in [0.29, 0.717) is 0 Å². The molecule has 2 atom stereocenters. The van der Waals surface area contributed by atoms with Crippen molar-refractivity contribution < 1.29 is 4.42 Å². The third-order valence-electron chi connectivity index (χ3n) is 2.99. The Morgan fingerprint density at radius 2 is 2.50 bits per heavy atom. The monoisotopic (exact) mass is 194 g/mol. The van der Waals surface area contributed by atoms with Crippen molar-refractivity contribution in [1.82, 2.24) is 10.6 Å². The van der Waals surface area contributed by atoms with Crippen molar-refractivity contribution in [1.29, 1.82) is 0 Å². The van der Waals surface area contributed by atoms with E-state index in [1.807, 2.05) is 6.07 Å². The molecule has 0 amide bonds. The molecule has 2 N–H and O–H groups in total. The highest BCUT2D eigenvalue weighted by atomic mass is 16.3. The number of hydrogen-bond donors (Lipinski definition) is 2. The molecule has 2 unspecified atom stereocenters. The summed E-state index contributed by atoms with van der Waals surface area (Å²) in [5.41, 5.74) is 1.23. The van der Waals surface area contributed by atoms with Gasteiger partial charge in [0.15, 0.2) is 0 Å². The molecule has 14 heavy (non-hydrogen) atoms. The SMILES string of the molecule is CC1CNCC1CNCc1ccoc1. The van der Waals surface area contributed by atoms with Crippen LogP contribution in [0.25, 0.3) is 0 Å². The molecule has 1 aromatic heterocycles. The van der Waals surface area contributed by atoms with Crippen LogP contribution in [0.2, 0.25) is 0 Å². The van der Waals surface area contributed by atoms with Crippen molar-refractivity contribution in [2.75, 3.05) is 19.6 Å². The molecule has 0 aliphatic carbocycles. The molecule has 2 heterocycles. The second-order valence-corrected chi connectivity index (χ2v) is 4.16. The van der Waals surface area contributed by atoms with E-state index in [0.717, 1.165) is 38.0 Å². The van der Waals surface area contributed by atoms with Crippen molar-refractivity contribution in [3.8, 4) is 0 Å². The number of hydrogen-bond acceptors (Lipinski definition) is 3. The Hall–Kier alpha value is -0.800. The molecule has 1 saturated heterocycles. The largest absolute Gasteiger partial charge is 0.472 e. The summed E-state index contributed by atoms with van der Waals surface area (Å²) in [6, 6.07) is 2.00. The van der Waals surface area contributed by atoms with Gasteiger partial charge in [0, 0.05) is 12.1 Å². The van der Waals surface area contributed by atoms with Crippen LogP contribution in [-0.4, -0.2) is 19.6 Å². The van der Waals surface area contributed by atoms with Gasteiger partial charge in [0.05, 0.1) is 12.5 Å². The lowest BCUT2D eigenvalue weighted by molar-refractivity contribution is 0.419. The molecule has 78 valence electrons. The first-order chi connectivity index (χ1) is 6.86. The molecule has 1 fully saturated rings. The minimum Gasteiger partial charge on any atom is -0.472 e. The van der Waals surface area contributed by atoms with Crippen LogP contribution in [0.1, 0.15) is 12.5 Å². The standard InChI is InChI=1S/C11H18N2O/c1-9-4-12-6-11(9)7-13-5-10-2-3-14-8-10/h2-3,8-9,11-13H,4-7H2,1H3. The molecule has 1 aliphatic heterocycles. The molecule has 0 aromatic carbocycles. The Morgan fingerprint density at radius 1 is 1.57 bits per heavy atom. The fourth-order valence-corrected chi connectivity index (χ4v) is 1.93. The van der Waals surface area contributed by atoms with E-state index in [2.05, 4.69) is 17.6 Å². The smallest absolute Gasteiger partial charge is 0.0947 e. The molecule has 2 rings (SSSR count). The van der Waals surface area contributed by atoms with Gasteiger partial charge in [-0.05, 0) is 37.5 Å². The summed E-state index contributed by atoms with van der Waals surface area (Å²) in [4.78, 5) is 0. The Kier molecular flexibility index (Phi) is 3.22. The zero-order valence-electron chi connectivity index (χ0n) is 8.62. The van der Waals surface area contributed by atoms with E-state index < -0.39 is 0 Å². The quantitative estimate of drug-likeness (QED) is 0.757. The predicted octanol–water partition coefficient (Wildman–Crippen LogP) is 1.22. The minimum absolute atomic E-state index is 0.780. The van der Waals surface area contributed by atoms with Gasteiger partial charge in [-0.25, -0.2) is 0 Å². The van der Waals surface area contributed by atoms with Crippen LogP contribution >= 0.6 is 0 Å². The highest BCUT2D eigenvalue weighted by molar-refractivity contribution is 5.04. The van der Waals surface area contributed by atoms with Gasteiger partial charge in [0.1, 0.15) is 0 Å². The summed E-state index contributed by atoms with van der Waals surface area (Å²) < 4.78 is 5.01. The molecular formula is C11H18N2O. The molecule has 1 aliphatic rings. The van der Waals surface area contributed by atoms with E-state index >= 15 is 0 Å². The molecule has 3 heteroatoms. The summed E-state index contributed by atoms with van der Waals surface area (Å²) in [7, 11) is 0. The highest BCUT2D eigenvalue weighted by Gasteiger charge is 2.21. The molecule has 0 spiro atoms. The van der Waals surface area contributed by atoms with Crippen LogP contribution in [0.3, 0.4) is 0 Å². The Balaban J connectivity index is 1.68. The first-order valence-electron chi connectivity index (χ1n) is 5.29. The normalized spacial score (nSPS) is 26.9. The van der Waals surface area contributed by atoms with Gasteiger partial charge >= 0.3 is 0 Å². The summed E-state index contributed by atoms with van der Waals surface area (Å²) in [6.07, 6.45) is 3.51. The van der Waals surface area contributed by atoms with Crippen molar-refractivity contribution in [3.05, 3.63) is 24.2 Å². The van der Waals surface area contributed by atoms with Gasteiger partial charge in [-0.1, -0.05) is 6.92 Å². The highest BCUT2D eigenvalue weighted by Crippen LogP contribution is 2.14. The third kappa shape index (κ3) is 2.36. The summed E-state index contributed by atoms with van der Waals surface area (Å²) in [6.45, 7) is 6.64. The van der Waals surface area contributed by atoms with Gasteiger partial charge in [-0.3, -0.25) is 0 Å². The first kappa shape index (κ1) is 9.74. The third-order valence-corrected chi connectivity index (χ3v) is 2.99. The second kappa shape index (κ2) is 4.62. The first-order valence-corrected chi connectivity index (χ1v) is 5.29. The van der Waals surface area contributed by atoms with Crippen LogP contribution in [-0.2, 0) is 6.54 Å². The van der Waals surface area contributed by atoms with E-state index in [1.54, 1.807) is 12.5 Å². The van der Waals surface area contributed by atoms with Gasteiger partial charge < -0.3 is 15.1 Å². The van der Waals surface area contributed by atoms with E-state index in [4.69, 9.17) is 4.42 Å². The maximum absolute atomic E-state index is 5.01. The lowest BCUT2D eigenvalue weighted by Crippen LogP contribution is -2.26. The van der Waals surface area contributed by atoms with Gasteiger partial charge in [0.2, 0.25) is 0 Å². The average Bonchev–Trinajstić information content (AvgIpc) is 2.78.